The van der Waals surface area contributed by atoms with Gasteiger partial charge in [-0.3, -0.25) is 4.72 Å². The first-order valence-electron chi connectivity index (χ1n) is 8.71. The molecule has 8 nitrogen and oxygen atoms in total. The Kier molecular flexibility index (Phi) is 6.02. The Morgan fingerprint density at radius 2 is 1.89 bits per heavy atom. The van der Waals surface area contributed by atoms with E-state index in [1.165, 1.54) is 12.1 Å². The lowest BCUT2D eigenvalue weighted by atomic mass is 10.3. The molecular formula is C18H24N4O4S. The van der Waals surface area contributed by atoms with E-state index in [0.717, 1.165) is 25.2 Å². The Bertz CT molecular complexity index is 869. The van der Waals surface area contributed by atoms with Crippen LogP contribution in [0.25, 0.3) is 0 Å². The number of pyridine rings is 1. The second-order valence-corrected chi connectivity index (χ2v) is 8.11. The fourth-order valence-corrected chi connectivity index (χ4v) is 3.60. The molecule has 0 aliphatic carbocycles. The summed E-state index contributed by atoms with van der Waals surface area (Å²) in [5.74, 6) is 1.22. The molecule has 0 saturated heterocycles. The molecule has 0 bridgehead atoms. The van der Waals surface area contributed by atoms with Crippen LogP contribution in [0.2, 0.25) is 0 Å². The number of hydrogen-bond acceptors (Lipinski definition) is 7. The van der Waals surface area contributed by atoms with E-state index in [0.29, 0.717) is 24.7 Å². The number of sulfonamides is 1. The zero-order valence-corrected chi connectivity index (χ0v) is 16.3. The van der Waals surface area contributed by atoms with Crippen molar-refractivity contribution in [2.24, 2.45) is 0 Å². The molecule has 0 atom stereocenters. The minimum Gasteiger partial charge on any atom is -0.486 e. The highest BCUT2D eigenvalue weighted by Crippen LogP contribution is 2.32. The van der Waals surface area contributed by atoms with Crippen molar-refractivity contribution in [3.63, 3.8) is 0 Å². The fourth-order valence-electron chi connectivity index (χ4n) is 2.57. The van der Waals surface area contributed by atoms with Crippen LogP contribution >= 0.6 is 0 Å². The molecule has 0 amide bonds. The molecule has 1 aliphatic heterocycles. The summed E-state index contributed by atoms with van der Waals surface area (Å²) in [6, 6.07) is 7.96. The van der Waals surface area contributed by atoms with Crippen LogP contribution in [0.4, 0.5) is 11.5 Å². The van der Waals surface area contributed by atoms with Crippen molar-refractivity contribution in [2.45, 2.75) is 11.3 Å². The summed E-state index contributed by atoms with van der Waals surface area (Å²) < 4.78 is 38.5. The van der Waals surface area contributed by atoms with Gasteiger partial charge in [-0.15, -0.1) is 0 Å². The first-order chi connectivity index (χ1) is 12.9. The zero-order chi connectivity index (χ0) is 19.3. The van der Waals surface area contributed by atoms with E-state index in [1.807, 2.05) is 14.1 Å². The smallest absolute Gasteiger partial charge is 0.263 e. The maximum absolute atomic E-state index is 12.6. The number of aromatic nitrogens is 1. The monoisotopic (exact) mass is 392 g/mol. The predicted octanol–water partition coefficient (Wildman–Crippen LogP) is 2.02. The van der Waals surface area contributed by atoms with Crippen molar-refractivity contribution in [3.05, 3.63) is 36.5 Å². The van der Waals surface area contributed by atoms with Gasteiger partial charge in [-0.2, -0.15) is 0 Å². The van der Waals surface area contributed by atoms with Crippen LogP contribution < -0.4 is 19.5 Å². The molecule has 3 rings (SSSR count). The lowest BCUT2D eigenvalue weighted by Gasteiger charge is -2.19. The summed E-state index contributed by atoms with van der Waals surface area (Å²) in [6.45, 7) is 2.67. The van der Waals surface area contributed by atoms with Gasteiger partial charge in [0.15, 0.2) is 11.5 Å². The average Bonchev–Trinajstić information content (AvgIpc) is 2.65. The molecule has 146 valence electrons. The van der Waals surface area contributed by atoms with Gasteiger partial charge in [-0.05, 0) is 51.3 Å². The summed E-state index contributed by atoms with van der Waals surface area (Å²) in [5.41, 5.74) is 0.844. The molecule has 0 unspecified atom stereocenters. The molecule has 0 saturated carbocycles. The Labute approximate surface area is 159 Å². The molecule has 2 aromatic rings. The normalized spacial score (nSPS) is 13.4. The highest BCUT2D eigenvalue weighted by molar-refractivity contribution is 7.92. The van der Waals surface area contributed by atoms with E-state index in [4.69, 9.17) is 9.47 Å². The van der Waals surface area contributed by atoms with Crippen molar-refractivity contribution in [3.8, 4) is 11.5 Å². The zero-order valence-electron chi connectivity index (χ0n) is 15.4. The Hall–Kier alpha value is -2.52. The van der Waals surface area contributed by atoms with Crippen molar-refractivity contribution < 1.29 is 17.9 Å². The van der Waals surface area contributed by atoms with Gasteiger partial charge < -0.3 is 19.7 Å². The lowest BCUT2D eigenvalue weighted by Crippen LogP contribution is -2.18. The second kappa shape index (κ2) is 8.45. The van der Waals surface area contributed by atoms with Gasteiger partial charge in [0.25, 0.3) is 10.0 Å². The summed E-state index contributed by atoms with van der Waals surface area (Å²) in [6.07, 6.45) is 2.61. The Morgan fingerprint density at radius 1 is 1.11 bits per heavy atom. The van der Waals surface area contributed by atoms with Crippen molar-refractivity contribution in [1.29, 1.82) is 0 Å². The van der Waals surface area contributed by atoms with Gasteiger partial charge in [-0.25, -0.2) is 13.4 Å². The quantitative estimate of drug-likeness (QED) is 0.664. The maximum atomic E-state index is 12.6. The number of nitrogens with one attached hydrogen (secondary N) is 2. The topological polar surface area (TPSA) is 92.8 Å². The van der Waals surface area contributed by atoms with E-state index >= 15 is 0 Å². The molecular weight excluding hydrogens is 368 g/mol. The SMILES string of the molecule is CN(C)CCCNc1ccc(NS(=O)(=O)c2ccc3c(c2)OCCO3)nc1. The van der Waals surface area contributed by atoms with Crippen molar-refractivity contribution in [1.82, 2.24) is 9.88 Å². The van der Waals surface area contributed by atoms with Gasteiger partial charge in [0.1, 0.15) is 19.0 Å². The molecule has 1 aliphatic rings. The minimum absolute atomic E-state index is 0.0967. The van der Waals surface area contributed by atoms with E-state index in [1.54, 1.807) is 24.4 Å². The largest absolute Gasteiger partial charge is 0.486 e. The molecule has 0 fully saturated rings. The molecule has 9 heteroatoms. The summed E-state index contributed by atoms with van der Waals surface area (Å²) >= 11 is 0. The molecule has 0 radical (unpaired) electrons. The van der Waals surface area contributed by atoms with Gasteiger partial charge in [0.2, 0.25) is 0 Å². The third-order valence-electron chi connectivity index (χ3n) is 3.94. The van der Waals surface area contributed by atoms with Crippen LogP contribution in [-0.4, -0.2) is 58.7 Å². The number of fused-ring (bicyclic) bond motifs is 1. The molecule has 2 heterocycles. The van der Waals surface area contributed by atoms with Crippen LogP contribution in [0.15, 0.2) is 41.4 Å². The summed E-state index contributed by atoms with van der Waals surface area (Å²) in [7, 11) is 0.300. The number of ether oxygens (including phenoxy) is 2. The summed E-state index contributed by atoms with van der Waals surface area (Å²) in [5, 5.41) is 3.26. The summed E-state index contributed by atoms with van der Waals surface area (Å²) in [4.78, 5) is 6.39. The van der Waals surface area contributed by atoms with E-state index < -0.39 is 10.0 Å². The molecule has 2 N–H and O–H groups in total. The first kappa shape index (κ1) is 19.2. The van der Waals surface area contributed by atoms with Crippen molar-refractivity contribution in [2.75, 3.05) is 50.4 Å². The van der Waals surface area contributed by atoms with Crippen LogP contribution in [0, 0.1) is 0 Å². The number of benzene rings is 1. The molecule has 1 aromatic heterocycles. The van der Waals surface area contributed by atoms with Crippen LogP contribution in [0.5, 0.6) is 11.5 Å². The lowest BCUT2D eigenvalue weighted by molar-refractivity contribution is 0.171. The van der Waals surface area contributed by atoms with E-state index in [-0.39, 0.29) is 10.7 Å². The molecule has 27 heavy (non-hydrogen) atoms. The Balaban J connectivity index is 1.62. The average molecular weight is 392 g/mol. The van der Waals surface area contributed by atoms with E-state index in [9.17, 15) is 8.42 Å². The third kappa shape index (κ3) is 5.24. The predicted molar refractivity (Wildman–Crippen MR) is 104 cm³/mol. The van der Waals surface area contributed by atoms with Gasteiger partial charge in [-0.1, -0.05) is 0 Å². The minimum atomic E-state index is -3.76. The maximum Gasteiger partial charge on any atom is 0.263 e. The number of rotatable bonds is 8. The number of nitrogens with zero attached hydrogens (tertiary/aromatic N) is 2. The van der Waals surface area contributed by atoms with Gasteiger partial charge in [0, 0.05) is 12.6 Å². The molecule has 0 spiro atoms. The van der Waals surface area contributed by atoms with Crippen LogP contribution in [-0.2, 0) is 10.0 Å². The third-order valence-corrected chi connectivity index (χ3v) is 5.29. The van der Waals surface area contributed by atoms with Crippen molar-refractivity contribution >= 4 is 21.5 Å². The van der Waals surface area contributed by atoms with Gasteiger partial charge in [0.05, 0.1) is 16.8 Å². The highest BCUT2D eigenvalue weighted by atomic mass is 32.2. The van der Waals surface area contributed by atoms with Crippen LogP contribution in [0.3, 0.4) is 0 Å². The van der Waals surface area contributed by atoms with E-state index in [2.05, 4.69) is 19.9 Å². The first-order valence-corrected chi connectivity index (χ1v) is 10.2. The van der Waals surface area contributed by atoms with Crippen LogP contribution in [0.1, 0.15) is 6.42 Å². The van der Waals surface area contributed by atoms with Gasteiger partial charge >= 0.3 is 0 Å². The fraction of sp³-hybridized carbons (Fsp3) is 0.389. The number of hydrogen-bond donors (Lipinski definition) is 2. The standard InChI is InChI=1S/C18H24N4O4S/c1-22(2)9-3-8-19-14-4-7-18(20-13-14)21-27(23,24)15-5-6-16-17(12-15)26-11-10-25-16/h4-7,12-13,19H,3,8-11H2,1-2H3,(H,20,21). The Morgan fingerprint density at radius 3 is 2.59 bits per heavy atom. The highest BCUT2D eigenvalue weighted by Gasteiger charge is 2.19. The molecule has 1 aromatic carbocycles. The second-order valence-electron chi connectivity index (χ2n) is 6.43. The number of anilines is 2.